The third kappa shape index (κ3) is 7.00. The monoisotopic (exact) mass is 561 g/mol. The first-order chi connectivity index (χ1) is 19.5. The number of anilines is 2. The molecule has 3 aromatic rings. The van der Waals surface area contributed by atoms with Gasteiger partial charge < -0.3 is 25.6 Å². The molecule has 5 rings (SSSR count). The van der Waals surface area contributed by atoms with Gasteiger partial charge in [-0.25, -0.2) is 4.79 Å². The van der Waals surface area contributed by atoms with Gasteiger partial charge >= 0.3 is 6.09 Å². The van der Waals surface area contributed by atoms with Crippen LogP contribution in [0.15, 0.2) is 66.0 Å². The normalized spacial score (nSPS) is 19.1. The van der Waals surface area contributed by atoms with Gasteiger partial charge in [0, 0.05) is 43.8 Å². The highest BCUT2D eigenvalue weighted by Gasteiger charge is 2.26. The van der Waals surface area contributed by atoms with E-state index in [-0.39, 0.29) is 30.5 Å². The highest BCUT2D eigenvalue weighted by atomic mass is 32.1. The summed E-state index contributed by atoms with van der Waals surface area (Å²) in [4.78, 5) is 43.4. The quantitative estimate of drug-likeness (QED) is 0.392. The predicted octanol–water partition coefficient (Wildman–Crippen LogP) is 4.46. The number of thiophene rings is 1. The number of rotatable bonds is 7. The predicted molar refractivity (Wildman–Crippen MR) is 157 cm³/mol. The van der Waals surface area contributed by atoms with E-state index in [9.17, 15) is 14.4 Å². The minimum absolute atomic E-state index is 0.0353. The van der Waals surface area contributed by atoms with Crippen LogP contribution in [0.4, 0.5) is 16.2 Å². The second-order valence-corrected chi connectivity index (χ2v) is 11.2. The van der Waals surface area contributed by atoms with Crippen molar-refractivity contribution >= 4 is 40.6 Å². The number of carbonyl (C=O) groups excluding carboxylic acids is 3. The van der Waals surface area contributed by atoms with Crippen molar-refractivity contribution in [2.45, 2.75) is 44.4 Å². The number of piperazine rings is 1. The van der Waals surface area contributed by atoms with Crippen LogP contribution >= 0.6 is 11.3 Å². The van der Waals surface area contributed by atoms with Crippen LogP contribution in [0.2, 0.25) is 0 Å². The van der Waals surface area contributed by atoms with Gasteiger partial charge in [-0.05, 0) is 60.9 Å². The molecule has 4 N–H and O–H groups in total. The zero-order valence-corrected chi connectivity index (χ0v) is 23.2. The maximum atomic E-state index is 13.1. The Morgan fingerprint density at radius 1 is 0.925 bits per heavy atom. The van der Waals surface area contributed by atoms with E-state index in [0.29, 0.717) is 37.4 Å². The van der Waals surface area contributed by atoms with Crippen LogP contribution in [0.3, 0.4) is 0 Å². The first-order valence-corrected chi connectivity index (χ1v) is 14.6. The summed E-state index contributed by atoms with van der Waals surface area (Å²) in [5, 5.41) is 7.88. The molecule has 2 heterocycles. The number of ether oxygens (including phenoxy) is 1. The first-order valence-electron chi connectivity index (χ1n) is 13.7. The minimum Gasteiger partial charge on any atom is -0.444 e. The molecule has 1 saturated carbocycles. The van der Waals surface area contributed by atoms with Crippen molar-refractivity contribution in [2.24, 2.45) is 5.73 Å². The van der Waals surface area contributed by atoms with Gasteiger partial charge in [-0.2, -0.15) is 0 Å². The van der Waals surface area contributed by atoms with Gasteiger partial charge in [-0.15, -0.1) is 11.3 Å². The zero-order chi connectivity index (χ0) is 27.9. The molecule has 40 heavy (non-hydrogen) atoms. The molecule has 2 aliphatic rings. The van der Waals surface area contributed by atoms with E-state index in [4.69, 9.17) is 10.5 Å². The van der Waals surface area contributed by atoms with E-state index >= 15 is 0 Å². The molecule has 1 aromatic heterocycles. The van der Waals surface area contributed by atoms with Crippen LogP contribution in [0.25, 0.3) is 0 Å². The minimum atomic E-state index is -0.601. The largest absolute Gasteiger partial charge is 0.444 e. The third-order valence-corrected chi connectivity index (χ3v) is 8.31. The van der Waals surface area contributed by atoms with Crippen LogP contribution in [-0.2, 0) is 11.3 Å². The van der Waals surface area contributed by atoms with Crippen LogP contribution in [0.5, 0.6) is 0 Å². The topological polar surface area (TPSA) is 117 Å². The second kappa shape index (κ2) is 13.0. The number of amides is 3. The van der Waals surface area contributed by atoms with Gasteiger partial charge in [0.1, 0.15) is 6.61 Å². The Bertz CT molecular complexity index is 1300. The summed E-state index contributed by atoms with van der Waals surface area (Å²) < 4.78 is 5.46. The number of hydrogen-bond donors (Lipinski definition) is 3. The highest BCUT2D eigenvalue weighted by molar-refractivity contribution is 7.12. The van der Waals surface area contributed by atoms with E-state index < -0.39 is 6.09 Å². The smallest absolute Gasteiger partial charge is 0.412 e. The molecule has 1 aliphatic carbocycles. The Morgan fingerprint density at radius 3 is 2.38 bits per heavy atom. The van der Waals surface area contributed by atoms with E-state index in [1.165, 1.54) is 11.3 Å². The summed E-state index contributed by atoms with van der Waals surface area (Å²) in [5.74, 6) is -0.146. The molecule has 0 radical (unpaired) electrons. The van der Waals surface area contributed by atoms with Crippen molar-refractivity contribution in [2.75, 3.05) is 36.4 Å². The Kier molecular flexibility index (Phi) is 8.98. The standard InChI is InChI=1S/C30H35N5O4S/c31-23-9-11-24(12-10-23)32-28(36)22-8-13-26(25(19-22)33-30(38)39-20-21-5-2-1-3-6-21)34-14-16-35(17-15-34)29(37)27-7-4-18-40-27/h1-8,13,18-19,23-24H,9-12,14-17,20,31H2,(H,32,36)(H,33,38). The number of benzene rings is 2. The Balaban J connectivity index is 1.29. The van der Waals surface area contributed by atoms with Crippen LogP contribution < -0.4 is 21.3 Å². The van der Waals surface area contributed by atoms with E-state index in [1.807, 2.05) is 58.8 Å². The maximum Gasteiger partial charge on any atom is 0.412 e. The Hall–Kier alpha value is -3.89. The van der Waals surface area contributed by atoms with Crippen molar-refractivity contribution in [1.82, 2.24) is 10.2 Å². The molecule has 0 unspecified atom stereocenters. The molecule has 0 bridgehead atoms. The third-order valence-electron chi connectivity index (χ3n) is 7.45. The Labute approximate surface area is 238 Å². The SMILES string of the molecule is NC1CCC(NC(=O)c2ccc(N3CCN(C(=O)c4cccs4)CC3)c(NC(=O)OCc3ccccc3)c2)CC1. The number of nitrogens with two attached hydrogens (primary N) is 1. The van der Waals surface area contributed by atoms with Gasteiger partial charge in [0.05, 0.1) is 16.3 Å². The summed E-state index contributed by atoms with van der Waals surface area (Å²) in [6.07, 6.45) is 2.90. The molecular weight excluding hydrogens is 526 g/mol. The summed E-state index contributed by atoms with van der Waals surface area (Å²) in [6.45, 7) is 2.44. The second-order valence-electron chi connectivity index (χ2n) is 10.3. The lowest BCUT2D eigenvalue weighted by atomic mass is 9.91. The highest BCUT2D eigenvalue weighted by Crippen LogP contribution is 2.29. The lowest BCUT2D eigenvalue weighted by Crippen LogP contribution is -2.48. The molecule has 3 amide bonds. The van der Waals surface area contributed by atoms with Gasteiger partial charge in [-0.1, -0.05) is 36.4 Å². The maximum absolute atomic E-state index is 13.1. The molecule has 1 aliphatic heterocycles. The molecule has 1 saturated heterocycles. The van der Waals surface area contributed by atoms with Crippen molar-refractivity contribution < 1.29 is 19.1 Å². The zero-order valence-electron chi connectivity index (χ0n) is 22.4. The molecule has 0 spiro atoms. The number of nitrogens with one attached hydrogen (secondary N) is 2. The Morgan fingerprint density at radius 2 is 1.68 bits per heavy atom. The fourth-order valence-corrected chi connectivity index (χ4v) is 5.85. The molecule has 2 aromatic carbocycles. The average molecular weight is 562 g/mol. The van der Waals surface area contributed by atoms with E-state index in [2.05, 4.69) is 15.5 Å². The summed E-state index contributed by atoms with van der Waals surface area (Å²) >= 11 is 1.44. The molecule has 0 atom stereocenters. The lowest BCUT2D eigenvalue weighted by molar-refractivity contribution is 0.0751. The molecule has 210 valence electrons. The van der Waals surface area contributed by atoms with E-state index in [1.54, 1.807) is 12.1 Å². The van der Waals surface area contributed by atoms with Gasteiger partial charge in [0.25, 0.3) is 11.8 Å². The van der Waals surface area contributed by atoms with Crippen molar-refractivity contribution in [1.29, 1.82) is 0 Å². The fraction of sp³-hybridized carbons (Fsp3) is 0.367. The molecule has 10 heteroatoms. The number of carbonyl (C=O) groups is 3. The molecular formula is C30H35N5O4S. The number of nitrogens with zero attached hydrogens (tertiary/aromatic N) is 2. The summed E-state index contributed by atoms with van der Waals surface area (Å²) in [5.41, 5.74) is 8.63. The number of hydrogen-bond acceptors (Lipinski definition) is 7. The van der Waals surface area contributed by atoms with Crippen molar-refractivity contribution in [3.63, 3.8) is 0 Å². The van der Waals surface area contributed by atoms with Gasteiger partial charge in [-0.3, -0.25) is 14.9 Å². The molecule has 9 nitrogen and oxygen atoms in total. The molecule has 2 fully saturated rings. The summed E-state index contributed by atoms with van der Waals surface area (Å²) in [6, 6.07) is 18.8. The van der Waals surface area contributed by atoms with Crippen LogP contribution in [0, 0.1) is 0 Å². The average Bonchev–Trinajstić information content (AvgIpc) is 3.53. The van der Waals surface area contributed by atoms with Gasteiger partial charge in [0.15, 0.2) is 0 Å². The van der Waals surface area contributed by atoms with Crippen molar-refractivity contribution in [3.05, 3.63) is 82.0 Å². The van der Waals surface area contributed by atoms with Crippen LogP contribution in [-0.4, -0.2) is 61.1 Å². The van der Waals surface area contributed by atoms with Crippen LogP contribution in [0.1, 0.15) is 51.3 Å². The van der Waals surface area contributed by atoms with Gasteiger partial charge in [0.2, 0.25) is 0 Å². The lowest BCUT2D eigenvalue weighted by Gasteiger charge is -2.37. The summed E-state index contributed by atoms with van der Waals surface area (Å²) in [7, 11) is 0. The van der Waals surface area contributed by atoms with Crippen molar-refractivity contribution in [3.8, 4) is 0 Å². The van der Waals surface area contributed by atoms with E-state index in [0.717, 1.165) is 41.8 Å². The fourth-order valence-electron chi connectivity index (χ4n) is 5.16. The first kappa shape index (κ1) is 27.7.